The van der Waals surface area contributed by atoms with Crippen LogP contribution in [-0.4, -0.2) is 6.54 Å². The molecule has 0 saturated heterocycles. The summed E-state index contributed by atoms with van der Waals surface area (Å²) in [6.07, 6.45) is 0. The minimum Gasteiger partial charge on any atom is -0.313 e. The molecular formula is C18H20N2S. The summed E-state index contributed by atoms with van der Waals surface area (Å²) >= 11 is 1.73. The van der Waals surface area contributed by atoms with Gasteiger partial charge in [0, 0.05) is 17.2 Å². The first-order valence-corrected chi connectivity index (χ1v) is 8.14. The van der Waals surface area contributed by atoms with Crippen molar-refractivity contribution in [3.05, 3.63) is 64.7 Å². The lowest BCUT2D eigenvalue weighted by Crippen LogP contribution is -2.11. The van der Waals surface area contributed by atoms with Crippen molar-refractivity contribution in [3.63, 3.8) is 0 Å². The Balaban J connectivity index is 2.10. The highest BCUT2D eigenvalue weighted by molar-refractivity contribution is 7.98. The van der Waals surface area contributed by atoms with Crippen molar-refractivity contribution in [2.75, 3.05) is 6.54 Å². The van der Waals surface area contributed by atoms with Crippen LogP contribution in [0.4, 0.5) is 0 Å². The maximum absolute atomic E-state index is 9.34. The van der Waals surface area contributed by atoms with E-state index in [2.05, 4.69) is 61.6 Å². The van der Waals surface area contributed by atoms with E-state index in [9.17, 15) is 5.26 Å². The van der Waals surface area contributed by atoms with Gasteiger partial charge in [-0.15, -0.1) is 11.8 Å². The van der Waals surface area contributed by atoms with Gasteiger partial charge in [-0.05, 0) is 42.3 Å². The maximum Gasteiger partial charge on any atom is 0.100 e. The van der Waals surface area contributed by atoms with Gasteiger partial charge in [0.25, 0.3) is 0 Å². The van der Waals surface area contributed by atoms with Gasteiger partial charge in [0.15, 0.2) is 0 Å². The number of aryl methyl sites for hydroxylation is 1. The second kappa shape index (κ2) is 7.87. The molecule has 2 aromatic rings. The molecule has 1 N–H and O–H groups in total. The highest BCUT2D eigenvalue weighted by Crippen LogP contribution is 2.27. The largest absolute Gasteiger partial charge is 0.313 e. The summed E-state index contributed by atoms with van der Waals surface area (Å²) in [4.78, 5) is 1.06. The van der Waals surface area contributed by atoms with Crippen LogP contribution >= 0.6 is 11.8 Å². The summed E-state index contributed by atoms with van der Waals surface area (Å²) in [5.74, 6) is 0.897. The molecule has 21 heavy (non-hydrogen) atoms. The first kappa shape index (κ1) is 15.6. The van der Waals surface area contributed by atoms with Crippen LogP contribution in [-0.2, 0) is 12.3 Å². The maximum atomic E-state index is 9.34. The van der Waals surface area contributed by atoms with E-state index in [1.807, 2.05) is 6.07 Å². The van der Waals surface area contributed by atoms with E-state index in [-0.39, 0.29) is 0 Å². The highest BCUT2D eigenvalue weighted by Gasteiger charge is 2.06. The summed E-state index contributed by atoms with van der Waals surface area (Å²) in [6.45, 7) is 5.96. The smallest absolute Gasteiger partial charge is 0.100 e. The molecule has 0 atom stereocenters. The molecule has 2 nitrogen and oxygen atoms in total. The SMILES string of the molecule is CCNCc1ccc(SCc2ccccc2C)c(C#N)c1. The molecule has 3 heteroatoms. The Labute approximate surface area is 131 Å². The molecule has 0 fully saturated rings. The van der Waals surface area contributed by atoms with Gasteiger partial charge in [0.05, 0.1) is 5.56 Å². The summed E-state index contributed by atoms with van der Waals surface area (Å²) in [5, 5.41) is 12.6. The van der Waals surface area contributed by atoms with Gasteiger partial charge in [-0.2, -0.15) is 5.26 Å². The Kier molecular flexibility index (Phi) is 5.86. The normalized spacial score (nSPS) is 10.3. The Morgan fingerprint density at radius 2 is 2.00 bits per heavy atom. The molecular weight excluding hydrogens is 276 g/mol. The van der Waals surface area contributed by atoms with E-state index in [0.717, 1.165) is 34.9 Å². The highest BCUT2D eigenvalue weighted by atomic mass is 32.2. The fourth-order valence-corrected chi connectivity index (χ4v) is 3.16. The van der Waals surface area contributed by atoms with Crippen molar-refractivity contribution < 1.29 is 0 Å². The van der Waals surface area contributed by atoms with Gasteiger partial charge in [0.2, 0.25) is 0 Å². The molecule has 0 spiro atoms. The number of nitriles is 1. The Hall–Kier alpha value is -1.76. The second-order valence-electron chi connectivity index (χ2n) is 4.94. The van der Waals surface area contributed by atoms with Gasteiger partial charge in [-0.1, -0.05) is 37.3 Å². The Bertz CT molecular complexity index is 644. The summed E-state index contributed by atoms with van der Waals surface area (Å²) in [7, 11) is 0. The molecule has 0 aliphatic heterocycles. The Morgan fingerprint density at radius 1 is 1.19 bits per heavy atom. The first-order valence-electron chi connectivity index (χ1n) is 7.15. The molecule has 0 aliphatic carbocycles. The van der Waals surface area contributed by atoms with E-state index in [1.54, 1.807) is 11.8 Å². The zero-order valence-corrected chi connectivity index (χ0v) is 13.3. The van der Waals surface area contributed by atoms with Crippen LogP contribution in [0.25, 0.3) is 0 Å². The third-order valence-electron chi connectivity index (χ3n) is 3.39. The van der Waals surface area contributed by atoms with Crippen LogP contribution in [0.2, 0.25) is 0 Å². The third kappa shape index (κ3) is 4.35. The van der Waals surface area contributed by atoms with Crippen molar-refractivity contribution in [3.8, 4) is 6.07 Å². The van der Waals surface area contributed by atoms with E-state index >= 15 is 0 Å². The van der Waals surface area contributed by atoms with Crippen molar-refractivity contribution in [1.82, 2.24) is 5.32 Å². The number of nitrogens with one attached hydrogen (secondary N) is 1. The molecule has 0 radical (unpaired) electrons. The summed E-state index contributed by atoms with van der Waals surface area (Å²) < 4.78 is 0. The van der Waals surface area contributed by atoms with Gasteiger partial charge in [0.1, 0.15) is 6.07 Å². The molecule has 0 bridgehead atoms. The molecule has 0 amide bonds. The molecule has 0 unspecified atom stereocenters. The molecule has 108 valence electrons. The van der Waals surface area contributed by atoms with Crippen LogP contribution in [0.15, 0.2) is 47.4 Å². The van der Waals surface area contributed by atoms with E-state index in [4.69, 9.17) is 0 Å². The molecule has 0 heterocycles. The lowest BCUT2D eigenvalue weighted by Gasteiger charge is -2.09. The molecule has 0 aromatic heterocycles. The molecule has 0 aliphatic rings. The van der Waals surface area contributed by atoms with Crippen molar-refractivity contribution in [2.45, 2.75) is 31.0 Å². The monoisotopic (exact) mass is 296 g/mol. The van der Waals surface area contributed by atoms with E-state index < -0.39 is 0 Å². The fraction of sp³-hybridized carbons (Fsp3) is 0.278. The number of benzene rings is 2. The van der Waals surface area contributed by atoms with Gasteiger partial charge in [-0.25, -0.2) is 0 Å². The number of hydrogen-bond donors (Lipinski definition) is 1. The third-order valence-corrected chi connectivity index (χ3v) is 4.51. The first-order chi connectivity index (χ1) is 10.2. The van der Waals surface area contributed by atoms with Crippen molar-refractivity contribution in [1.29, 1.82) is 5.26 Å². The fourth-order valence-electron chi connectivity index (χ4n) is 2.10. The average molecular weight is 296 g/mol. The number of nitrogens with zero attached hydrogens (tertiary/aromatic N) is 1. The number of thioether (sulfide) groups is 1. The lowest BCUT2D eigenvalue weighted by molar-refractivity contribution is 0.726. The second-order valence-corrected chi connectivity index (χ2v) is 5.95. The quantitative estimate of drug-likeness (QED) is 0.809. The van der Waals surface area contributed by atoms with E-state index in [1.165, 1.54) is 11.1 Å². The van der Waals surface area contributed by atoms with Crippen LogP contribution in [0.3, 0.4) is 0 Å². The van der Waals surface area contributed by atoms with Crippen LogP contribution in [0.1, 0.15) is 29.2 Å². The predicted molar refractivity (Wildman–Crippen MR) is 89.3 cm³/mol. The number of rotatable bonds is 6. The summed E-state index contributed by atoms with van der Waals surface area (Å²) in [6, 6.07) is 16.9. The minimum absolute atomic E-state index is 0.768. The van der Waals surface area contributed by atoms with Crippen molar-refractivity contribution in [2.24, 2.45) is 0 Å². The zero-order valence-electron chi connectivity index (χ0n) is 12.5. The van der Waals surface area contributed by atoms with Crippen LogP contribution in [0.5, 0.6) is 0 Å². The summed E-state index contributed by atoms with van der Waals surface area (Å²) in [5.41, 5.74) is 4.55. The van der Waals surface area contributed by atoms with Gasteiger partial charge in [-0.3, -0.25) is 0 Å². The zero-order chi connectivity index (χ0) is 15.1. The van der Waals surface area contributed by atoms with E-state index in [0.29, 0.717) is 0 Å². The lowest BCUT2D eigenvalue weighted by atomic mass is 10.1. The van der Waals surface area contributed by atoms with Gasteiger partial charge >= 0.3 is 0 Å². The predicted octanol–water partition coefficient (Wildman–Crippen LogP) is 4.27. The average Bonchev–Trinajstić information content (AvgIpc) is 2.52. The topological polar surface area (TPSA) is 35.8 Å². The van der Waals surface area contributed by atoms with Crippen molar-refractivity contribution >= 4 is 11.8 Å². The van der Waals surface area contributed by atoms with Crippen LogP contribution in [0, 0.1) is 18.3 Å². The Morgan fingerprint density at radius 3 is 2.71 bits per heavy atom. The minimum atomic E-state index is 0.768. The standard InChI is InChI=1S/C18H20N2S/c1-3-20-12-15-8-9-18(17(10-15)11-19)21-13-16-7-5-4-6-14(16)2/h4-10,20H,3,12-13H2,1-2H3. The van der Waals surface area contributed by atoms with Crippen LogP contribution < -0.4 is 5.32 Å². The molecule has 2 rings (SSSR count). The molecule has 2 aromatic carbocycles. The number of hydrogen-bond acceptors (Lipinski definition) is 3. The van der Waals surface area contributed by atoms with Gasteiger partial charge < -0.3 is 5.32 Å². The molecule has 0 saturated carbocycles.